The van der Waals surface area contributed by atoms with Gasteiger partial charge in [0.05, 0.1) is 0 Å². The van der Waals surface area contributed by atoms with E-state index in [1.54, 1.807) is 46.8 Å². The molecule has 48 heavy (non-hydrogen) atoms. The van der Waals surface area contributed by atoms with Crippen molar-refractivity contribution < 1.29 is 23.9 Å². The topological polar surface area (TPSA) is 120 Å². The quantitative estimate of drug-likeness (QED) is 0.268. The Morgan fingerprint density at radius 1 is 0.833 bits per heavy atom. The molecule has 4 amide bonds. The van der Waals surface area contributed by atoms with Crippen LogP contribution in [0.3, 0.4) is 0 Å². The highest BCUT2D eigenvalue weighted by atomic mass is 16.6. The molecule has 1 aliphatic heterocycles. The summed E-state index contributed by atoms with van der Waals surface area (Å²) in [5.74, 6) is -0.570. The van der Waals surface area contributed by atoms with E-state index in [0.717, 1.165) is 63.7 Å². The molecule has 2 fully saturated rings. The van der Waals surface area contributed by atoms with Gasteiger partial charge in [-0.15, -0.1) is 0 Å². The summed E-state index contributed by atoms with van der Waals surface area (Å²) in [5.41, 5.74) is 0.859. The predicted molar refractivity (Wildman–Crippen MR) is 188 cm³/mol. The number of hydrogen-bond donors (Lipinski definition) is 3. The highest BCUT2D eigenvalue weighted by Crippen LogP contribution is 2.33. The number of ether oxygens (including phenoxy) is 1. The third-order valence-corrected chi connectivity index (χ3v) is 9.44. The molecule has 1 saturated heterocycles. The molecule has 2 aromatic rings. The average Bonchev–Trinajstić information content (AvgIpc) is 3.35. The van der Waals surface area contributed by atoms with E-state index >= 15 is 0 Å². The first kappa shape index (κ1) is 36.9. The molecule has 3 N–H and O–H groups in total. The summed E-state index contributed by atoms with van der Waals surface area (Å²) >= 11 is 0. The molecule has 1 heterocycles. The minimum Gasteiger partial charge on any atom is -0.444 e. The number of rotatable bonds is 11. The Morgan fingerprint density at radius 3 is 2.04 bits per heavy atom. The second kappa shape index (κ2) is 17.0. The van der Waals surface area contributed by atoms with Crippen molar-refractivity contribution in [2.45, 2.75) is 110 Å². The maximum absolute atomic E-state index is 13.9. The van der Waals surface area contributed by atoms with Gasteiger partial charge in [0.15, 0.2) is 0 Å². The number of hydrogen-bond acceptors (Lipinski definition) is 6. The van der Waals surface area contributed by atoms with Crippen LogP contribution in [-0.4, -0.2) is 77.0 Å². The monoisotopic (exact) mass is 661 g/mol. The molecule has 0 spiro atoms. The Morgan fingerprint density at radius 2 is 1.46 bits per heavy atom. The maximum atomic E-state index is 13.9. The van der Waals surface area contributed by atoms with E-state index in [1.165, 1.54) is 5.56 Å². The van der Waals surface area contributed by atoms with Crippen molar-refractivity contribution in [3.8, 4) is 0 Å². The predicted octanol–water partition coefficient (Wildman–Crippen LogP) is 5.66. The summed E-state index contributed by atoms with van der Waals surface area (Å²) in [6, 6.07) is 17.0. The zero-order valence-electron chi connectivity index (χ0n) is 29.5. The van der Waals surface area contributed by atoms with E-state index in [0.29, 0.717) is 25.2 Å². The van der Waals surface area contributed by atoms with E-state index < -0.39 is 23.3 Å². The normalized spacial score (nSPS) is 18.1. The molecule has 0 aromatic heterocycles. The van der Waals surface area contributed by atoms with Crippen molar-refractivity contribution >= 4 is 29.5 Å². The lowest BCUT2D eigenvalue weighted by Gasteiger charge is -2.37. The van der Waals surface area contributed by atoms with Crippen molar-refractivity contribution in [3.63, 3.8) is 0 Å². The summed E-state index contributed by atoms with van der Waals surface area (Å²) in [4.78, 5) is 57.1. The lowest BCUT2D eigenvalue weighted by Crippen LogP contribution is -2.60. The van der Waals surface area contributed by atoms with E-state index in [9.17, 15) is 19.2 Å². The molecule has 4 rings (SSSR count). The van der Waals surface area contributed by atoms with Crippen LogP contribution in [0.15, 0.2) is 54.6 Å². The van der Waals surface area contributed by atoms with Crippen LogP contribution < -0.4 is 16.0 Å². The molecule has 1 saturated carbocycles. The van der Waals surface area contributed by atoms with Crippen LogP contribution in [0.5, 0.6) is 0 Å². The minimum atomic E-state index is -1.15. The fourth-order valence-corrected chi connectivity index (χ4v) is 6.62. The van der Waals surface area contributed by atoms with E-state index in [-0.39, 0.29) is 30.1 Å². The summed E-state index contributed by atoms with van der Waals surface area (Å²) in [6.07, 6.45) is 5.97. The van der Waals surface area contributed by atoms with Gasteiger partial charge in [-0.05, 0) is 69.7 Å². The van der Waals surface area contributed by atoms with Crippen LogP contribution >= 0.6 is 0 Å². The summed E-state index contributed by atoms with van der Waals surface area (Å²) in [6.45, 7) is 12.6. The number of amides is 4. The molecule has 10 nitrogen and oxygen atoms in total. The van der Waals surface area contributed by atoms with Crippen LogP contribution in [0.2, 0.25) is 0 Å². The van der Waals surface area contributed by atoms with Crippen molar-refractivity contribution in [3.05, 3.63) is 65.7 Å². The van der Waals surface area contributed by atoms with Gasteiger partial charge in [0, 0.05) is 51.3 Å². The van der Waals surface area contributed by atoms with Gasteiger partial charge in [0.2, 0.25) is 17.7 Å². The standard InChI is InChI=1S/C38H55N5O5/c1-6-33(44)40-32(34(45)43-24-22-42(23-25-43)27-29-14-10-9-11-15-29)26-28-18-20-31(21-19-28)39-35(46)38(5,30-16-12-7-8-13-17-30)41-36(47)48-37(2,3)4/h9-11,14-15,18-21,30,32H,6-8,12-13,16-17,22-27H2,1-5H3,(H,39,46)(H,40,44)(H,41,47)/t32-,38-/m1/s1. The van der Waals surface area contributed by atoms with Crippen molar-refractivity contribution in [1.29, 1.82) is 0 Å². The number of carbonyl (C=O) groups is 4. The van der Waals surface area contributed by atoms with Crippen molar-refractivity contribution in [1.82, 2.24) is 20.4 Å². The van der Waals surface area contributed by atoms with Crippen LogP contribution in [0.1, 0.15) is 90.7 Å². The van der Waals surface area contributed by atoms with Crippen LogP contribution in [0.25, 0.3) is 0 Å². The van der Waals surface area contributed by atoms with Gasteiger partial charge in [-0.1, -0.05) is 75.1 Å². The van der Waals surface area contributed by atoms with Gasteiger partial charge in [-0.3, -0.25) is 19.3 Å². The lowest BCUT2D eigenvalue weighted by molar-refractivity contribution is -0.138. The molecular weight excluding hydrogens is 606 g/mol. The number of carbonyl (C=O) groups excluding carboxylic acids is 4. The minimum absolute atomic E-state index is 0.0269. The SMILES string of the molecule is CCC(=O)N[C@H](Cc1ccc(NC(=O)[C@](C)(NC(=O)OC(C)(C)C)C2CCCCCC2)cc1)C(=O)N1CCN(Cc2ccccc2)CC1. The summed E-state index contributed by atoms with van der Waals surface area (Å²) in [7, 11) is 0. The van der Waals surface area contributed by atoms with Crippen LogP contribution in [0.4, 0.5) is 10.5 Å². The molecule has 2 atom stereocenters. The molecule has 0 unspecified atom stereocenters. The van der Waals surface area contributed by atoms with Crippen LogP contribution in [-0.2, 0) is 32.1 Å². The number of piperazine rings is 1. The largest absolute Gasteiger partial charge is 0.444 e. The zero-order chi connectivity index (χ0) is 34.7. The Labute approximate surface area is 286 Å². The molecule has 0 bridgehead atoms. The maximum Gasteiger partial charge on any atom is 0.408 e. The molecule has 10 heteroatoms. The Hall–Kier alpha value is -3.92. The molecule has 2 aliphatic rings. The van der Waals surface area contributed by atoms with Crippen molar-refractivity contribution in [2.24, 2.45) is 5.92 Å². The third kappa shape index (κ3) is 10.8. The second-order valence-electron chi connectivity index (χ2n) is 14.4. The second-order valence-corrected chi connectivity index (χ2v) is 14.4. The molecule has 2 aromatic carbocycles. The van der Waals surface area contributed by atoms with E-state index in [2.05, 4.69) is 33.0 Å². The van der Waals surface area contributed by atoms with Gasteiger partial charge in [0.1, 0.15) is 17.2 Å². The smallest absolute Gasteiger partial charge is 0.408 e. The summed E-state index contributed by atoms with van der Waals surface area (Å²) in [5, 5.41) is 8.90. The van der Waals surface area contributed by atoms with Gasteiger partial charge in [-0.2, -0.15) is 0 Å². The molecule has 262 valence electrons. The number of alkyl carbamates (subject to hydrolysis) is 1. The lowest BCUT2D eigenvalue weighted by atomic mass is 9.79. The zero-order valence-corrected chi connectivity index (χ0v) is 29.5. The molecule has 0 radical (unpaired) electrons. The Bertz CT molecular complexity index is 1360. The molecule has 1 aliphatic carbocycles. The first-order chi connectivity index (χ1) is 22.9. The Kier molecular flexibility index (Phi) is 13.0. The number of nitrogens with one attached hydrogen (secondary N) is 3. The highest BCUT2D eigenvalue weighted by molar-refractivity contribution is 6.00. The van der Waals surface area contributed by atoms with Crippen LogP contribution in [0, 0.1) is 5.92 Å². The average molecular weight is 662 g/mol. The summed E-state index contributed by atoms with van der Waals surface area (Å²) < 4.78 is 5.54. The third-order valence-electron chi connectivity index (χ3n) is 9.44. The Balaban J connectivity index is 1.41. The van der Waals surface area contributed by atoms with Gasteiger partial charge < -0.3 is 25.6 Å². The van der Waals surface area contributed by atoms with Gasteiger partial charge in [0.25, 0.3) is 0 Å². The first-order valence-corrected chi connectivity index (χ1v) is 17.6. The fourth-order valence-electron chi connectivity index (χ4n) is 6.62. The van der Waals surface area contributed by atoms with Crippen molar-refractivity contribution in [2.75, 3.05) is 31.5 Å². The fraction of sp³-hybridized carbons (Fsp3) is 0.579. The van der Waals surface area contributed by atoms with Gasteiger partial charge in [-0.25, -0.2) is 4.79 Å². The van der Waals surface area contributed by atoms with Gasteiger partial charge >= 0.3 is 6.09 Å². The van der Waals surface area contributed by atoms with E-state index in [1.807, 2.05) is 35.2 Å². The first-order valence-electron chi connectivity index (χ1n) is 17.6. The number of benzene rings is 2. The molecular formula is C38H55N5O5. The number of anilines is 1. The highest BCUT2D eigenvalue weighted by Gasteiger charge is 2.43. The van der Waals surface area contributed by atoms with E-state index in [4.69, 9.17) is 4.74 Å². The number of nitrogens with zero attached hydrogens (tertiary/aromatic N) is 2.